The number of nitrogens with one attached hydrogen (secondary N) is 1. The Bertz CT molecular complexity index is 550. The molecule has 0 aromatic heterocycles. The minimum absolute atomic E-state index is 0.203. The zero-order valence-corrected chi connectivity index (χ0v) is 15.7. The van der Waals surface area contributed by atoms with Gasteiger partial charge in [0.1, 0.15) is 0 Å². The third-order valence-corrected chi connectivity index (χ3v) is 5.75. The van der Waals surface area contributed by atoms with Gasteiger partial charge in [0.05, 0.1) is 0 Å². The third-order valence-electron chi connectivity index (χ3n) is 5.75. The molecule has 25 heavy (non-hydrogen) atoms. The first kappa shape index (κ1) is 18.2. The number of amides is 2. The summed E-state index contributed by atoms with van der Waals surface area (Å²) in [5.41, 5.74) is 1.42. The molecule has 0 radical (unpaired) electrons. The highest BCUT2D eigenvalue weighted by Crippen LogP contribution is 2.19. The third kappa shape index (κ3) is 4.73. The predicted molar refractivity (Wildman–Crippen MR) is 102 cm³/mol. The van der Waals surface area contributed by atoms with Gasteiger partial charge in [0.25, 0.3) is 0 Å². The number of likely N-dealkylation sites (N-methyl/N-ethyl adjacent to an activating group) is 2. The first-order valence-corrected chi connectivity index (χ1v) is 9.62. The Kier molecular flexibility index (Phi) is 6.32. The number of rotatable bonds is 6. The topological polar surface area (TPSA) is 38.8 Å². The summed E-state index contributed by atoms with van der Waals surface area (Å²) in [5, 5.41) is 3.28. The van der Waals surface area contributed by atoms with Gasteiger partial charge in [-0.25, -0.2) is 4.79 Å². The molecule has 3 rings (SSSR count). The molecule has 2 atom stereocenters. The minimum Gasteiger partial charge on any atom is -0.323 e. The van der Waals surface area contributed by atoms with Crippen molar-refractivity contribution in [2.75, 3.05) is 46.8 Å². The van der Waals surface area contributed by atoms with Crippen LogP contribution in [0.25, 0.3) is 0 Å². The van der Waals surface area contributed by atoms with Gasteiger partial charge < -0.3 is 20.0 Å². The number of hydrogen-bond donors (Lipinski definition) is 1. The first-order chi connectivity index (χ1) is 12.2. The number of benzene rings is 1. The Morgan fingerprint density at radius 2 is 2.00 bits per heavy atom. The van der Waals surface area contributed by atoms with Crippen LogP contribution in [-0.2, 0) is 6.42 Å². The van der Waals surface area contributed by atoms with Gasteiger partial charge >= 0.3 is 6.03 Å². The van der Waals surface area contributed by atoms with E-state index in [4.69, 9.17) is 0 Å². The van der Waals surface area contributed by atoms with Gasteiger partial charge in [-0.05, 0) is 44.8 Å². The second-order valence-corrected chi connectivity index (χ2v) is 7.45. The van der Waals surface area contributed by atoms with E-state index in [0.29, 0.717) is 12.1 Å². The molecule has 0 aliphatic carbocycles. The number of nitrogens with zero attached hydrogens (tertiary/aromatic N) is 3. The predicted octanol–water partition coefficient (Wildman–Crippen LogP) is 2.04. The van der Waals surface area contributed by atoms with Crippen LogP contribution >= 0.6 is 0 Å². The van der Waals surface area contributed by atoms with E-state index >= 15 is 0 Å². The van der Waals surface area contributed by atoms with Crippen molar-refractivity contribution in [2.24, 2.45) is 0 Å². The van der Waals surface area contributed by atoms with Crippen LogP contribution in [0, 0.1) is 0 Å². The van der Waals surface area contributed by atoms with E-state index < -0.39 is 0 Å². The molecule has 138 valence electrons. The summed E-state index contributed by atoms with van der Waals surface area (Å²) in [6.45, 7) is 4.96. The van der Waals surface area contributed by atoms with Crippen molar-refractivity contribution in [2.45, 2.75) is 37.8 Å². The average molecular weight is 345 g/mol. The van der Waals surface area contributed by atoms with Crippen LogP contribution in [0.15, 0.2) is 30.3 Å². The van der Waals surface area contributed by atoms with E-state index in [1.165, 1.54) is 12.0 Å². The molecule has 1 N–H and O–H groups in total. The van der Waals surface area contributed by atoms with Gasteiger partial charge in [-0.15, -0.1) is 0 Å². The van der Waals surface area contributed by atoms with Gasteiger partial charge in [-0.1, -0.05) is 30.3 Å². The fourth-order valence-electron chi connectivity index (χ4n) is 4.03. The van der Waals surface area contributed by atoms with Crippen LogP contribution in [0.3, 0.4) is 0 Å². The van der Waals surface area contributed by atoms with Crippen molar-refractivity contribution in [3.63, 3.8) is 0 Å². The van der Waals surface area contributed by atoms with Crippen molar-refractivity contribution in [1.29, 1.82) is 0 Å². The Balaban J connectivity index is 1.40. The molecule has 1 aromatic rings. The highest BCUT2D eigenvalue weighted by Gasteiger charge is 2.33. The highest BCUT2D eigenvalue weighted by atomic mass is 16.2. The molecule has 0 bridgehead atoms. The summed E-state index contributed by atoms with van der Waals surface area (Å²) < 4.78 is 0. The Hall–Kier alpha value is -1.59. The average Bonchev–Trinajstić information content (AvgIpc) is 3.31. The van der Waals surface area contributed by atoms with Crippen LogP contribution in [0.5, 0.6) is 0 Å². The number of carbonyl (C=O) groups excluding carboxylic acids is 1. The molecule has 0 unspecified atom stereocenters. The molecule has 5 heteroatoms. The van der Waals surface area contributed by atoms with Crippen LogP contribution in [0.1, 0.15) is 24.8 Å². The maximum Gasteiger partial charge on any atom is 0.320 e. The highest BCUT2D eigenvalue weighted by molar-refractivity contribution is 5.75. The van der Waals surface area contributed by atoms with Crippen molar-refractivity contribution >= 4 is 6.03 Å². The lowest BCUT2D eigenvalue weighted by Crippen LogP contribution is -2.47. The van der Waals surface area contributed by atoms with Gasteiger partial charge in [-0.3, -0.25) is 0 Å². The lowest BCUT2D eigenvalue weighted by molar-refractivity contribution is 0.154. The van der Waals surface area contributed by atoms with Crippen LogP contribution in [-0.4, -0.2) is 79.6 Å². The summed E-state index contributed by atoms with van der Waals surface area (Å²) in [6.07, 6.45) is 4.48. The van der Waals surface area contributed by atoms with Crippen molar-refractivity contribution in [3.8, 4) is 0 Å². The van der Waals surface area contributed by atoms with E-state index in [1.807, 2.05) is 23.9 Å². The molecule has 2 heterocycles. The molecule has 2 fully saturated rings. The zero-order chi connectivity index (χ0) is 17.6. The second kappa shape index (κ2) is 8.68. The molecular weight excluding hydrogens is 312 g/mol. The Morgan fingerprint density at radius 1 is 1.20 bits per heavy atom. The van der Waals surface area contributed by atoms with Gasteiger partial charge in [0.15, 0.2) is 0 Å². The maximum absolute atomic E-state index is 12.7. The molecule has 5 nitrogen and oxygen atoms in total. The number of aryl methyl sites for hydroxylation is 1. The lowest BCUT2D eigenvalue weighted by atomic mass is 10.1. The van der Waals surface area contributed by atoms with E-state index in [-0.39, 0.29) is 6.03 Å². The molecule has 0 spiro atoms. The van der Waals surface area contributed by atoms with Crippen LogP contribution < -0.4 is 5.32 Å². The largest absolute Gasteiger partial charge is 0.323 e. The van der Waals surface area contributed by atoms with E-state index in [9.17, 15) is 4.79 Å². The van der Waals surface area contributed by atoms with E-state index in [1.54, 1.807) is 0 Å². The second-order valence-electron chi connectivity index (χ2n) is 7.45. The van der Waals surface area contributed by atoms with Gasteiger partial charge in [-0.2, -0.15) is 0 Å². The normalized spacial score (nSPS) is 24.0. The molecule has 2 aliphatic heterocycles. The summed E-state index contributed by atoms with van der Waals surface area (Å²) >= 11 is 0. The SMILES string of the molecule is CN[C@H]1CCN(C(=O)N(C)[C@@H]2CCN(CCCc3ccccc3)C2)C1. The van der Waals surface area contributed by atoms with Crippen molar-refractivity contribution in [3.05, 3.63) is 35.9 Å². The standard InChI is InChI=1S/C20H32N4O/c1-21-18-10-14-24(15-18)20(25)22(2)19-11-13-23(16-19)12-6-9-17-7-4-3-5-8-17/h3-5,7-8,18-19,21H,6,9-16H2,1-2H3/t18-,19+/m0/s1. The minimum atomic E-state index is 0.203. The quantitative estimate of drug-likeness (QED) is 0.858. The number of urea groups is 1. The molecule has 2 saturated heterocycles. The van der Waals surface area contributed by atoms with Gasteiger partial charge in [0, 0.05) is 45.3 Å². The van der Waals surface area contributed by atoms with E-state index in [0.717, 1.165) is 52.0 Å². The first-order valence-electron chi connectivity index (χ1n) is 9.62. The van der Waals surface area contributed by atoms with Gasteiger partial charge in [0.2, 0.25) is 0 Å². The Morgan fingerprint density at radius 3 is 2.72 bits per heavy atom. The van der Waals surface area contributed by atoms with Crippen LogP contribution in [0.4, 0.5) is 4.79 Å². The van der Waals surface area contributed by atoms with Crippen LogP contribution in [0.2, 0.25) is 0 Å². The van der Waals surface area contributed by atoms with Crippen molar-refractivity contribution < 1.29 is 4.79 Å². The molecule has 0 saturated carbocycles. The molecule has 2 amide bonds. The monoisotopic (exact) mass is 344 g/mol. The molecule has 2 aliphatic rings. The summed E-state index contributed by atoms with van der Waals surface area (Å²) in [6, 6.07) is 11.7. The zero-order valence-electron chi connectivity index (χ0n) is 15.7. The fourth-order valence-corrected chi connectivity index (χ4v) is 4.03. The van der Waals surface area contributed by atoms with E-state index in [2.05, 4.69) is 40.5 Å². The lowest BCUT2D eigenvalue weighted by Gasteiger charge is -2.29. The Labute approximate surface area is 152 Å². The smallest absolute Gasteiger partial charge is 0.320 e. The molecule has 1 aromatic carbocycles. The van der Waals surface area contributed by atoms with Crippen molar-refractivity contribution in [1.82, 2.24) is 20.0 Å². The maximum atomic E-state index is 12.7. The summed E-state index contributed by atoms with van der Waals surface area (Å²) in [4.78, 5) is 19.2. The number of carbonyl (C=O) groups is 1. The number of likely N-dealkylation sites (tertiary alicyclic amines) is 2. The number of hydrogen-bond acceptors (Lipinski definition) is 3. The summed E-state index contributed by atoms with van der Waals surface area (Å²) in [7, 11) is 3.96. The fraction of sp³-hybridized carbons (Fsp3) is 0.650. The molecular formula is C20H32N4O. The summed E-state index contributed by atoms with van der Waals surface area (Å²) in [5.74, 6) is 0.